The summed E-state index contributed by atoms with van der Waals surface area (Å²) in [6.07, 6.45) is 10.5. The third-order valence-electron chi connectivity index (χ3n) is 6.65. The Morgan fingerprint density at radius 1 is 1.34 bits per heavy atom. The Kier molecular flexibility index (Phi) is 4.06. The summed E-state index contributed by atoms with van der Waals surface area (Å²) < 4.78 is 1.81. The third kappa shape index (κ3) is 2.78. The second-order valence-electron chi connectivity index (χ2n) is 8.34. The molecule has 2 aromatic rings. The van der Waals surface area contributed by atoms with Crippen molar-refractivity contribution in [2.24, 2.45) is 11.3 Å². The molecule has 5 rings (SSSR count). The van der Waals surface area contributed by atoms with Crippen molar-refractivity contribution in [2.45, 2.75) is 44.1 Å². The Hall–Kier alpha value is -2.99. The van der Waals surface area contributed by atoms with E-state index in [9.17, 15) is 15.2 Å². The van der Waals surface area contributed by atoms with Gasteiger partial charge < -0.3 is 10.4 Å². The molecule has 9 nitrogen and oxygen atoms in total. The van der Waals surface area contributed by atoms with E-state index in [0.717, 1.165) is 37.8 Å². The van der Waals surface area contributed by atoms with Gasteiger partial charge >= 0.3 is 0 Å². The zero-order valence-corrected chi connectivity index (χ0v) is 16.1. The van der Waals surface area contributed by atoms with Crippen LogP contribution in [0.25, 0.3) is 0 Å². The highest BCUT2D eigenvalue weighted by molar-refractivity contribution is 6.01. The number of carbonyl (C=O) groups excluding carboxylic acids is 1. The first-order valence-electron chi connectivity index (χ1n) is 10.1. The van der Waals surface area contributed by atoms with Crippen molar-refractivity contribution in [1.82, 2.24) is 19.7 Å². The molecule has 9 heteroatoms. The summed E-state index contributed by atoms with van der Waals surface area (Å²) in [4.78, 5) is 23.3. The Morgan fingerprint density at radius 2 is 2.17 bits per heavy atom. The fraction of sp³-hybridized carbons (Fsp3) is 0.550. The lowest BCUT2D eigenvalue weighted by Crippen LogP contribution is -2.44. The molecular formula is C20H23N7O2. The van der Waals surface area contributed by atoms with Gasteiger partial charge in [0.15, 0.2) is 0 Å². The van der Waals surface area contributed by atoms with E-state index in [2.05, 4.69) is 26.5 Å². The molecule has 1 amide bonds. The van der Waals surface area contributed by atoms with E-state index in [1.165, 1.54) is 0 Å². The molecular weight excluding hydrogens is 370 g/mol. The van der Waals surface area contributed by atoms with Crippen LogP contribution >= 0.6 is 0 Å². The van der Waals surface area contributed by atoms with Gasteiger partial charge in [0.05, 0.1) is 30.1 Å². The molecule has 1 atom stereocenters. The minimum Gasteiger partial charge on any atom is -0.394 e. The number of hydrogen-bond acceptors (Lipinski definition) is 7. The zero-order chi connectivity index (χ0) is 20.1. The van der Waals surface area contributed by atoms with Gasteiger partial charge in [0.1, 0.15) is 11.2 Å². The smallest absolute Gasteiger partial charge is 0.248 e. The Balaban J connectivity index is 1.34. The van der Waals surface area contributed by atoms with Crippen LogP contribution in [0.5, 0.6) is 0 Å². The van der Waals surface area contributed by atoms with Crippen LogP contribution in [0.1, 0.15) is 38.5 Å². The van der Waals surface area contributed by atoms with Crippen molar-refractivity contribution in [3.05, 3.63) is 24.7 Å². The number of nitrogens with one attached hydrogen (secondary N) is 1. The van der Waals surface area contributed by atoms with E-state index < -0.39 is 5.41 Å². The van der Waals surface area contributed by atoms with Gasteiger partial charge in [0, 0.05) is 18.9 Å². The number of aliphatic hydroxyl groups is 1. The van der Waals surface area contributed by atoms with Gasteiger partial charge in [-0.2, -0.15) is 15.3 Å². The molecule has 2 saturated carbocycles. The molecule has 0 bridgehead atoms. The highest BCUT2D eigenvalue weighted by Crippen LogP contribution is 2.51. The van der Waals surface area contributed by atoms with E-state index >= 15 is 0 Å². The van der Waals surface area contributed by atoms with Crippen molar-refractivity contribution in [3.8, 4) is 6.07 Å². The number of rotatable bonds is 6. The summed E-state index contributed by atoms with van der Waals surface area (Å²) in [5.74, 6) is 0.904. The van der Waals surface area contributed by atoms with Crippen molar-refractivity contribution >= 4 is 23.4 Å². The SMILES string of the molecule is N#C[C@@]1(C2CC2)CCN(c2ccnc(Nc3cnn(C4(CO)CCC4)c3)n2)C1=O. The van der Waals surface area contributed by atoms with Crippen LogP contribution in [0, 0.1) is 22.7 Å². The molecule has 3 fully saturated rings. The summed E-state index contributed by atoms with van der Waals surface area (Å²) in [6.45, 7) is 0.565. The summed E-state index contributed by atoms with van der Waals surface area (Å²) in [5.41, 5.74) is -0.464. The molecule has 2 aromatic heterocycles. The number of anilines is 3. The average molecular weight is 393 g/mol. The van der Waals surface area contributed by atoms with Gasteiger partial charge in [-0.1, -0.05) is 0 Å². The maximum Gasteiger partial charge on any atom is 0.248 e. The molecule has 1 saturated heterocycles. The van der Waals surface area contributed by atoms with Crippen molar-refractivity contribution in [2.75, 3.05) is 23.4 Å². The molecule has 0 aromatic carbocycles. The van der Waals surface area contributed by atoms with Gasteiger partial charge in [0.2, 0.25) is 11.9 Å². The second-order valence-corrected chi connectivity index (χ2v) is 8.34. The Morgan fingerprint density at radius 3 is 2.83 bits per heavy atom. The van der Waals surface area contributed by atoms with Crippen LogP contribution in [0.2, 0.25) is 0 Å². The lowest BCUT2D eigenvalue weighted by molar-refractivity contribution is -0.123. The normalized spacial score (nSPS) is 25.5. The minimum atomic E-state index is -0.888. The van der Waals surface area contributed by atoms with Gasteiger partial charge in [-0.25, -0.2) is 4.98 Å². The van der Waals surface area contributed by atoms with Crippen LogP contribution in [0.15, 0.2) is 24.7 Å². The molecule has 3 heterocycles. The highest BCUT2D eigenvalue weighted by Gasteiger charge is 2.57. The predicted octanol–water partition coefficient (Wildman–Crippen LogP) is 1.94. The number of hydrogen-bond donors (Lipinski definition) is 2. The summed E-state index contributed by atoms with van der Waals surface area (Å²) in [5, 5.41) is 26.9. The van der Waals surface area contributed by atoms with Crippen molar-refractivity contribution in [3.63, 3.8) is 0 Å². The van der Waals surface area contributed by atoms with Crippen LogP contribution in [-0.2, 0) is 10.3 Å². The molecule has 2 aliphatic carbocycles. The number of nitrogens with zero attached hydrogens (tertiary/aromatic N) is 6. The molecule has 2 N–H and O–H groups in total. The van der Waals surface area contributed by atoms with Crippen molar-refractivity contribution < 1.29 is 9.90 Å². The van der Waals surface area contributed by atoms with Crippen LogP contribution in [-0.4, -0.2) is 43.9 Å². The van der Waals surface area contributed by atoms with E-state index in [0.29, 0.717) is 24.7 Å². The topological polar surface area (TPSA) is 120 Å². The van der Waals surface area contributed by atoms with Gasteiger partial charge in [-0.15, -0.1) is 0 Å². The van der Waals surface area contributed by atoms with Crippen molar-refractivity contribution in [1.29, 1.82) is 5.26 Å². The number of aliphatic hydroxyl groups excluding tert-OH is 1. The Bertz CT molecular complexity index is 983. The molecule has 0 unspecified atom stereocenters. The maximum absolute atomic E-state index is 13.0. The molecule has 1 aliphatic heterocycles. The standard InChI is InChI=1S/C20H23N7O2/c21-12-20(14-2-3-14)7-9-26(17(20)29)16-4-8-22-18(25-16)24-15-10-23-27(11-15)19(13-28)5-1-6-19/h4,8,10-11,14,28H,1-3,5-7,9,13H2,(H,22,24,25)/t20-/m1/s1. The quantitative estimate of drug-likeness (QED) is 0.769. The molecule has 0 radical (unpaired) electrons. The fourth-order valence-electron chi connectivity index (χ4n) is 4.49. The summed E-state index contributed by atoms with van der Waals surface area (Å²) in [6, 6.07) is 3.99. The number of aromatic nitrogens is 4. The monoisotopic (exact) mass is 393 g/mol. The van der Waals surface area contributed by atoms with E-state index in [1.54, 1.807) is 23.4 Å². The number of amides is 1. The Labute approximate surface area is 168 Å². The molecule has 150 valence electrons. The predicted molar refractivity (Wildman–Crippen MR) is 104 cm³/mol. The lowest BCUT2D eigenvalue weighted by Gasteiger charge is -2.40. The largest absolute Gasteiger partial charge is 0.394 e. The van der Waals surface area contributed by atoms with Gasteiger partial charge in [-0.05, 0) is 50.5 Å². The average Bonchev–Trinajstić information content (AvgIpc) is 3.36. The minimum absolute atomic E-state index is 0.0683. The first kappa shape index (κ1) is 18.1. The van der Waals surface area contributed by atoms with E-state index in [-0.39, 0.29) is 24.0 Å². The number of carbonyl (C=O) groups is 1. The zero-order valence-electron chi connectivity index (χ0n) is 16.1. The van der Waals surface area contributed by atoms with Gasteiger partial charge in [0.25, 0.3) is 0 Å². The third-order valence-corrected chi connectivity index (χ3v) is 6.65. The molecule has 29 heavy (non-hydrogen) atoms. The second kappa shape index (κ2) is 6.52. The highest BCUT2D eigenvalue weighted by atomic mass is 16.3. The molecule has 3 aliphatic rings. The first-order chi connectivity index (χ1) is 14.1. The molecule has 0 spiro atoms. The van der Waals surface area contributed by atoms with Crippen LogP contribution in [0.4, 0.5) is 17.5 Å². The van der Waals surface area contributed by atoms with Gasteiger partial charge in [-0.3, -0.25) is 14.4 Å². The lowest BCUT2D eigenvalue weighted by atomic mass is 9.77. The van der Waals surface area contributed by atoms with E-state index in [1.807, 2.05) is 10.9 Å². The summed E-state index contributed by atoms with van der Waals surface area (Å²) >= 11 is 0. The van der Waals surface area contributed by atoms with Crippen LogP contribution in [0.3, 0.4) is 0 Å². The summed E-state index contributed by atoms with van der Waals surface area (Å²) in [7, 11) is 0. The first-order valence-corrected chi connectivity index (χ1v) is 10.1. The fourth-order valence-corrected chi connectivity index (χ4v) is 4.49. The number of nitriles is 1. The van der Waals surface area contributed by atoms with E-state index in [4.69, 9.17) is 0 Å². The maximum atomic E-state index is 13.0. The van der Waals surface area contributed by atoms with Crippen LogP contribution < -0.4 is 10.2 Å².